The zero-order valence-corrected chi connectivity index (χ0v) is 46.5. The van der Waals surface area contributed by atoms with E-state index in [1.54, 1.807) is 31.5 Å². The molecular formula is C31H45Cl3I3N6OVW3-3. The van der Waals surface area contributed by atoms with Crippen molar-refractivity contribution in [3.63, 3.8) is 0 Å². The third-order valence-electron chi connectivity index (χ3n) is 4.73. The number of carbonyl (C=O) groups is 1. The summed E-state index contributed by atoms with van der Waals surface area (Å²) in [5, 5.41) is 4.86. The first-order chi connectivity index (χ1) is 20.4. The number of aromatic nitrogens is 3. The van der Waals surface area contributed by atoms with Crippen molar-refractivity contribution in [2.75, 3.05) is 20.1 Å². The normalized spacial score (nSPS) is 10.7. The van der Waals surface area contributed by atoms with Gasteiger partial charge in [0.1, 0.15) is 15.5 Å². The van der Waals surface area contributed by atoms with Gasteiger partial charge >= 0.3 is 0 Å². The molecule has 7 nitrogen and oxygen atoms in total. The van der Waals surface area contributed by atoms with Crippen LogP contribution in [-0.4, -0.2) is 46.3 Å². The molecule has 0 aliphatic rings. The van der Waals surface area contributed by atoms with E-state index < -0.39 is 0 Å². The minimum atomic E-state index is -0.0463. The third kappa shape index (κ3) is 43.1. The molecule has 0 aliphatic heterocycles. The topological polar surface area (TPSA) is 97.0 Å². The van der Waals surface area contributed by atoms with Crippen LogP contribution in [0.1, 0.15) is 37.5 Å². The third-order valence-corrected chi connectivity index (χ3v) is 5.40. The van der Waals surface area contributed by atoms with Gasteiger partial charge in [0.25, 0.3) is 0 Å². The molecule has 0 saturated heterocycles. The van der Waals surface area contributed by atoms with Gasteiger partial charge in [-0.05, 0) is 55.0 Å². The molecule has 0 amide bonds. The van der Waals surface area contributed by atoms with Crippen LogP contribution in [0.2, 0.25) is 15.5 Å². The molecule has 0 aliphatic carbocycles. The van der Waals surface area contributed by atoms with Gasteiger partial charge < -0.3 is 41.5 Å². The van der Waals surface area contributed by atoms with Gasteiger partial charge in [0.2, 0.25) is 0 Å². The molecule has 0 bridgehead atoms. The second-order valence-corrected chi connectivity index (χ2v) is 11.0. The number of hydrogen-bond acceptors (Lipinski definition) is 7. The van der Waals surface area contributed by atoms with Crippen LogP contribution in [0.4, 0.5) is 0 Å². The minimum absolute atomic E-state index is 0. The fourth-order valence-electron chi connectivity index (χ4n) is 2.91. The van der Waals surface area contributed by atoms with Gasteiger partial charge in [0.05, 0.1) is 6.29 Å². The summed E-state index contributed by atoms with van der Waals surface area (Å²) in [6, 6.07) is 11.2. The first-order valence-electron chi connectivity index (χ1n) is 13.4. The Labute approximate surface area is 400 Å². The van der Waals surface area contributed by atoms with Crippen LogP contribution in [0.5, 0.6) is 0 Å². The van der Waals surface area contributed by atoms with Crippen molar-refractivity contribution in [3.05, 3.63) is 108 Å². The van der Waals surface area contributed by atoms with Crippen LogP contribution in [0.3, 0.4) is 0 Å². The Balaban J connectivity index is -0.0000000926. The standard InChI is InChI=1S/C11H16ClN2.C10H14ClN2.C6H7ClN2.C4H7O.I2.HI.V.3W/c1-9(2)7-14(3)8-10-4-5-11(12)13-6-10;1-8(2)5-12-6-9-3-4-10(11)13-7-9;7-6-2-1-5(3-8)4-9-6;1-4(2)3-5;1-2;;;;;/h4-6,9H,1,7-8H2,2-3H3;3-4,7-8,12H,1,5-6H2,2H3;1-2,4H,3,8H2;3-4H,1H2,2H3;;1H;;;;/q2*-1;;-1;;;;;;. The molecule has 3 unspecified atom stereocenters. The van der Waals surface area contributed by atoms with E-state index in [4.69, 9.17) is 40.5 Å². The fourth-order valence-corrected chi connectivity index (χ4v) is 3.24. The second-order valence-electron chi connectivity index (χ2n) is 9.82. The molecule has 0 saturated carbocycles. The number of nitrogens with one attached hydrogen (secondary N) is 1. The smallest absolute Gasteiger partial charge is 0.129 e. The predicted molar refractivity (Wildman–Crippen MR) is 217 cm³/mol. The molecule has 3 aromatic rings. The summed E-state index contributed by atoms with van der Waals surface area (Å²) in [6.45, 7) is 21.3. The zero-order valence-electron chi connectivity index (χ0n) is 27.4. The Morgan fingerprint density at radius 1 is 0.812 bits per heavy atom. The largest absolute Gasteiger partial charge is 0.339 e. The van der Waals surface area contributed by atoms with Crippen molar-refractivity contribution in [3.8, 4) is 0 Å². The number of nitrogens with two attached hydrogens (primary N) is 1. The molecule has 17 heteroatoms. The molecular weight excluding hydrogens is 1560 g/mol. The Hall–Kier alpha value is 2.71. The van der Waals surface area contributed by atoms with E-state index in [9.17, 15) is 4.79 Å². The fraction of sp³-hybridized carbons (Fsp3) is 0.387. The molecule has 3 heterocycles. The van der Waals surface area contributed by atoms with Crippen LogP contribution < -0.4 is 11.1 Å². The van der Waals surface area contributed by atoms with Gasteiger partial charge in [-0.3, -0.25) is 0 Å². The number of carbonyl (C=O) groups excluding carboxylic acids is 1. The average molecular weight is 1610 g/mol. The Morgan fingerprint density at radius 3 is 1.48 bits per heavy atom. The Kier molecular flexibility index (Phi) is 60.3. The number of hydrogen-bond donors (Lipinski definition) is 2. The second kappa shape index (κ2) is 44.1. The maximum absolute atomic E-state index is 9.44. The van der Waals surface area contributed by atoms with Crippen LogP contribution in [0.25, 0.3) is 0 Å². The number of rotatable bonds is 10. The maximum Gasteiger partial charge on any atom is 0.129 e. The van der Waals surface area contributed by atoms with Crippen molar-refractivity contribution in [2.24, 2.45) is 23.5 Å². The summed E-state index contributed by atoms with van der Waals surface area (Å²) in [5.41, 5.74) is 8.64. The van der Waals surface area contributed by atoms with E-state index in [0.29, 0.717) is 33.8 Å². The summed E-state index contributed by atoms with van der Waals surface area (Å²) in [7, 11) is 2.08. The molecule has 3 atom stereocenters. The van der Waals surface area contributed by atoms with Gasteiger partial charge in [0.15, 0.2) is 0 Å². The van der Waals surface area contributed by atoms with Gasteiger partial charge in [-0.2, -0.15) is 11.8 Å². The Morgan fingerprint density at radius 2 is 1.19 bits per heavy atom. The van der Waals surface area contributed by atoms with Crippen LogP contribution in [0.15, 0.2) is 55.0 Å². The minimum Gasteiger partial charge on any atom is -0.339 e. The van der Waals surface area contributed by atoms with E-state index in [0.717, 1.165) is 43.6 Å². The number of pyridine rings is 3. The molecule has 3 N–H and O–H groups in total. The molecule has 0 spiro atoms. The molecule has 48 heavy (non-hydrogen) atoms. The van der Waals surface area contributed by atoms with Gasteiger partial charge in [-0.15, -0.1) is 29.9 Å². The first-order valence-corrected chi connectivity index (χ1v) is 20.8. The van der Waals surface area contributed by atoms with Crippen molar-refractivity contribution in [1.29, 1.82) is 0 Å². The van der Waals surface area contributed by atoms with E-state index in [1.165, 1.54) is 5.56 Å². The Bertz CT molecular complexity index is 1090. The van der Waals surface area contributed by atoms with Crippen molar-refractivity contribution in [2.45, 2.75) is 40.4 Å². The monoisotopic (exact) mass is 1610 g/mol. The van der Waals surface area contributed by atoms with Crippen LogP contribution in [-0.2, 0) is 106 Å². The summed E-state index contributed by atoms with van der Waals surface area (Å²) < 4.78 is 0. The van der Waals surface area contributed by atoms with Gasteiger partial charge in [-0.25, -0.2) is 15.0 Å². The number of halogens is 6. The van der Waals surface area contributed by atoms with Crippen LogP contribution in [0, 0.1) is 38.5 Å². The summed E-state index contributed by atoms with van der Waals surface area (Å²) >= 11 is 21.1. The quantitative estimate of drug-likeness (QED) is 0.0906. The maximum atomic E-state index is 9.44. The van der Waals surface area contributed by atoms with Crippen molar-refractivity contribution < 1.29 is 86.5 Å². The molecule has 0 fully saturated rings. The van der Waals surface area contributed by atoms with Crippen molar-refractivity contribution in [1.82, 2.24) is 25.2 Å². The van der Waals surface area contributed by atoms with Gasteiger partial charge in [-0.1, -0.05) is 73.8 Å². The number of nitrogens with zero attached hydrogens (tertiary/aromatic N) is 4. The van der Waals surface area contributed by atoms with E-state index in [1.807, 2.05) is 30.5 Å². The zero-order chi connectivity index (χ0) is 33.2. The number of aldehydes is 1. The molecule has 0 aromatic carbocycles. The van der Waals surface area contributed by atoms with E-state index >= 15 is 0 Å². The van der Waals surface area contributed by atoms with E-state index in [2.05, 4.69) is 104 Å². The average Bonchev–Trinajstić information content (AvgIpc) is 2.97. The summed E-state index contributed by atoms with van der Waals surface area (Å²) in [6.07, 6.45) is 6.07. The SMILES string of the molecule is I.II.NCc1ccc(Cl)nc1.[CH2-]C(C)C=O.[CH2-]C(C)CN(C)Cc1ccc(Cl)nc1.[CH2-]C(C)CNCc1ccc(Cl)nc1.[V].[W].[W].[W]. The molecule has 3 rings (SSSR count). The van der Waals surface area contributed by atoms with E-state index in [-0.39, 0.29) is 112 Å². The summed E-state index contributed by atoms with van der Waals surface area (Å²) in [5.74, 6) is 0.829. The molecule has 3 aromatic heterocycles. The molecule has 273 valence electrons. The summed E-state index contributed by atoms with van der Waals surface area (Å²) in [4.78, 5) is 23.5. The predicted octanol–water partition coefficient (Wildman–Crippen LogP) is 9.16. The van der Waals surface area contributed by atoms with Crippen LogP contribution >= 0.6 is 96.0 Å². The first kappa shape index (κ1) is 65.6. The van der Waals surface area contributed by atoms with Crippen molar-refractivity contribution >= 4 is 102 Å². The van der Waals surface area contributed by atoms with Gasteiger partial charge in [0, 0.05) is 157 Å². The molecule has 1 radical (unpaired) electrons.